The summed E-state index contributed by atoms with van der Waals surface area (Å²) < 4.78 is 5.16. The van der Waals surface area contributed by atoms with E-state index in [9.17, 15) is 14.4 Å². The van der Waals surface area contributed by atoms with Crippen molar-refractivity contribution in [2.24, 2.45) is 23.7 Å². The molecule has 0 radical (unpaired) electrons. The van der Waals surface area contributed by atoms with Crippen LogP contribution in [0, 0.1) is 23.7 Å². The highest BCUT2D eigenvalue weighted by Gasteiger charge is 2.56. The van der Waals surface area contributed by atoms with Gasteiger partial charge in [0.2, 0.25) is 11.8 Å². The number of fused-ring (bicyclic) bond motifs is 1. The number of carboxylic acid groups (broad SMARTS) is 1. The number of likely N-dealkylation sites (tertiary alicyclic amines) is 1. The lowest BCUT2D eigenvalue weighted by atomic mass is 10.00. The smallest absolute Gasteiger partial charge is 0.311 e. The molecule has 6 nitrogen and oxygen atoms in total. The Hall–Kier alpha value is -1.43. The number of imide groups is 1. The number of carbonyl (C=O) groups is 3. The van der Waals surface area contributed by atoms with E-state index in [1.54, 1.807) is 0 Å². The maximum Gasteiger partial charge on any atom is 0.311 e. The van der Waals surface area contributed by atoms with Crippen molar-refractivity contribution < 1.29 is 24.2 Å². The van der Waals surface area contributed by atoms with Gasteiger partial charge in [-0.3, -0.25) is 19.3 Å². The van der Waals surface area contributed by atoms with Crippen LogP contribution in [0.1, 0.15) is 19.8 Å². The van der Waals surface area contributed by atoms with Crippen molar-refractivity contribution >= 4 is 17.8 Å². The van der Waals surface area contributed by atoms with Gasteiger partial charge in [0.15, 0.2) is 0 Å². The average Bonchev–Trinajstić information content (AvgIpc) is 2.99. The molecule has 0 bridgehead atoms. The summed E-state index contributed by atoms with van der Waals surface area (Å²) in [5.74, 6) is -2.27. The molecule has 0 aromatic carbocycles. The molecule has 4 unspecified atom stereocenters. The molecule has 3 aliphatic rings. The lowest BCUT2D eigenvalue weighted by molar-refractivity contribution is -0.148. The summed E-state index contributed by atoms with van der Waals surface area (Å²) >= 11 is 0. The third-order valence-electron chi connectivity index (χ3n) is 4.61. The van der Waals surface area contributed by atoms with Gasteiger partial charge in [0.25, 0.3) is 0 Å². The van der Waals surface area contributed by atoms with Gasteiger partial charge in [0, 0.05) is 0 Å². The summed E-state index contributed by atoms with van der Waals surface area (Å²) in [6, 6.07) is -0.626. The van der Waals surface area contributed by atoms with Gasteiger partial charge in [0.1, 0.15) is 5.92 Å². The Labute approximate surface area is 110 Å². The molecule has 4 atom stereocenters. The molecule has 2 heterocycles. The average molecular weight is 267 g/mol. The Bertz CT molecular complexity index is 424. The zero-order valence-corrected chi connectivity index (χ0v) is 10.7. The summed E-state index contributed by atoms with van der Waals surface area (Å²) in [5, 5.41) is 9.13. The summed E-state index contributed by atoms with van der Waals surface area (Å²) in [6.07, 6.45) is 1.47. The van der Waals surface area contributed by atoms with Crippen LogP contribution in [-0.4, -0.2) is 47.0 Å². The second-order valence-electron chi connectivity index (χ2n) is 5.89. The molecule has 3 rings (SSSR count). The number of aliphatic carboxylic acids is 1. The zero-order chi connectivity index (χ0) is 13.7. The van der Waals surface area contributed by atoms with Gasteiger partial charge in [-0.25, -0.2) is 0 Å². The Morgan fingerprint density at radius 1 is 1.21 bits per heavy atom. The molecular weight excluding hydrogens is 250 g/mol. The van der Waals surface area contributed by atoms with Crippen molar-refractivity contribution in [3.8, 4) is 0 Å². The van der Waals surface area contributed by atoms with Crippen LogP contribution in [0.5, 0.6) is 0 Å². The molecule has 2 aliphatic heterocycles. The maximum atomic E-state index is 12.4. The Morgan fingerprint density at radius 3 is 2.32 bits per heavy atom. The minimum atomic E-state index is -1.01. The summed E-state index contributed by atoms with van der Waals surface area (Å²) in [6.45, 7) is 2.26. The number of hydrogen-bond donors (Lipinski definition) is 1. The molecule has 0 aromatic heterocycles. The van der Waals surface area contributed by atoms with Crippen molar-refractivity contribution in [2.75, 3.05) is 13.2 Å². The van der Waals surface area contributed by atoms with Crippen LogP contribution in [0.3, 0.4) is 0 Å². The molecule has 2 saturated heterocycles. The second kappa shape index (κ2) is 4.30. The topological polar surface area (TPSA) is 83.9 Å². The van der Waals surface area contributed by atoms with E-state index < -0.39 is 17.9 Å². The van der Waals surface area contributed by atoms with Crippen LogP contribution in [-0.2, 0) is 19.1 Å². The molecule has 1 saturated carbocycles. The van der Waals surface area contributed by atoms with Crippen LogP contribution < -0.4 is 0 Å². The Kier molecular flexibility index (Phi) is 2.85. The van der Waals surface area contributed by atoms with E-state index in [-0.39, 0.29) is 36.9 Å². The number of ether oxygens (including phenoxy) is 1. The highest BCUT2D eigenvalue weighted by atomic mass is 16.5. The lowest BCUT2D eigenvalue weighted by Gasteiger charge is -2.25. The molecular formula is C13H17NO5. The molecule has 6 heteroatoms. The zero-order valence-electron chi connectivity index (χ0n) is 10.7. The van der Waals surface area contributed by atoms with E-state index in [1.807, 2.05) is 6.92 Å². The number of amides is 2. The van der Waals surface area contributed by atoms with E-state index in [4.69, 9.17) is 9.84 Å². The molecule has 19 heavy (non-hydrogen) atoms. The minimum absolute atomic E-state index is 0.0722. The first-order valence-corrected chi connectivity index (χ1v) is 6.68. The molecule has 3 fully saturated rings. The van der Waals surface area contributed by atoms with Crippen molar-refractivity contribution in [2.45, 2.75) is 25.8 Å². The summed E-state index contributed by atoms with van der Waals surface area (Å²) in [7, 11) is 0. The number of rotatable bonds is 2. The number of hydrogen-bond acceptors (Lipinski definition) is 4. The SMILES string of the molecule is CC1CC2C(=O)N(C3COCC3C(=O)O)C(=O)C2C1. The normalized spacial score (nSPS) is 41.9. The van der Waals surface area contributed by atoms with Gasteiger partial charge in [0.05, 0.1) is 31.1 Å². The fourth-order valence-electron chi connectivity index (χ4n) is 3.66. The van der Waals surface area contributed by atoms with E-state index >= 15 is 0 Å². The number of carbonyl (C=O) groups excluding carboxylic acids is 2. The van der Waals surface area contributed by atoms with E-state index in [1.165, 1.54) is 4.90 Å². The van der Waals surface area contributed by atoms with Crippen molar-refractivity contribution in [3.63, 3.8) is 0 Å². The molecule has 104 valence electrons. The van der Waals surface area contributed by atoms with Gasteiger partial charge < -0.3 is 9.84 Å². The van der Waals surface area contributed by atoms with Crippen molar-refractivity contribution in [3.05, 3.63) is 0 Å². The maximum absolute atomic E-state index is 12.4. The van der Waals surface area contributed by atoms with Crippen molar-refractivity contribution in [1.29, 1.82) is 0 Å². The highest BCUT2D eigenvalue weighted by molar-refractivity contribution is 6.06. The quantitative estimate of drug-likeness (QED) is 0.718. The second-order valence-corrected chi connectivity index (χ2v) is 5.89. The first kappa shape index (κ1) is 12.6. The lowest BCUT2D eigenvalue weighted by Crippen LogP contribution is -2.47. The van der Waals surface area contributed by atoms with Gasteiger partial charge in [-0.2, -0.15) is 0 Å². The Balaban J connectivity index is 1.85. The van der Waals surface area contributed by atoms with Crippen LogP contribution in [0.25, 0.3) is 0 Å². The van der Waals surface area contributed by atoms with Crippen LogP contribution in [0.15, 0.2) is 0 Å². The third-order valence-corrected chi connectivity index (χ3v) is 4.61. The van der Waals surface area contributed by atoms with E-state index in [0.29, 0.717) is 5.92 Å². The Morgan fingerprint density at radius 2 is 1.79 bits per heavy atom. The first-order valence-electron chi connectivity index (χ1n) is 6.68. The van der Waals surface area contributed by atoms with Gasteiger partial charge in [-0.1, -0.05) is 6.92 Å². The largest absolute Gasteiger partial charge is 0.481 e. The predicted octanol–water partition coefficient (Wildman–Crippen LogP) is 0.117. The minimum Gasteiger partial charge on any atom is -0.481 e. The fraction of sp³-hybridized carbons (Fsp3) is 0.769. The first-order chi connectivity index (χ1) is 9.00. The van der Waals surface area contributed by atoms with Gasteiger partial charge in [-0.05, 0) is 18.8 Å². The van der Waals surface area contributed by atoms with E-state index in [0.717, 1.165) is 12.8 Å². The van der Waals surface area contributed by atoms with Crippen LogP contribution >= 0.6 is 0 Å². The van der Waals surface area contributed by atoms with Gasteiger partial charge in [-0.15, -0.1) is 0 Å². The standard InChI is InChI=1S/C13H17NO5/c1-6-2-7-8(3-6)12(16)14(11(7)15)10-5-19-4-9(10)13(17)18/h6-10H,2-5H2,1H3,(H,17,18). The highest BCUT2D eigenvalue weighted by Crippen LogP contribution is 2.44. The van der Waals surface area contributed by atoms with Crippen LogP contribution in [0.2, 0.25) is 0 Å². The molecule has 0 spiro atoms. The number of carboxylic acids is 1. The molecule has 2 amide bonds. The molecule has 1 N–H and O–H groups in total. The molecule has 0 aromatic rings. The van der Waals surface area contributed by atoms with Crippen LogP contribution in [0.4, 0.5) is 0 Å². The third kappa shape index (κ3) is 1.77. The fourth-order valence-corrected chi connectivity index (χ4v) is 3.66. The van der Waals surface area contributed by atoms with E-state index in [2.05, 4.69) is 0 Å². The summed E-state index contributed by atoms with van der Waals surface area (Å²) in [4.78, 5) is 37.0. The monoisotopic (exact) mass is 267 g/mol. The van der Waals surface area contributed by atoms with Crippen molar-refractivity contribution in [1.82, 2.24) is 4.90 Å². The number of nitrogens with zero attached hydrogens (tertiary/aromatic N) is 1. The molecule has 1 aliphatic carbocycles. The summed E-state index contributed by atoms with van der Waals surface area (Å²) in [5.41, 5.74) is 0. The van der Waals surface area contributed by atoms with Gasteiger partial charge >= 0.3 is 5.97 Å². The predicted molar refractivity (Wildman–Crippen MR) is 63.0 cm³/mol.